The Labute approximate surface area is 89.4 Å². The molecule has 5 heteroatoms. The van der Waals surface area contributed by atoms with E-state index in [1.807, 2.05) is 0 Å². The molecule has 84 valence electrons. The summed E-state index contributed by atoms with van der Waals surface area (Å²) in [5, 5.41) is 7.19. The molecule has 1 aromatic rings. The van der Waals surface area contributed by atoms with E-state index in [1.165, 1.54) is 15.6 Å². The second-order valence-electron chi connectivity index (χ2n) is 3.61. The van der Waals surface area contributed by atoms with Crippen LogP contribution >= 0.6 is 0 Å². The van der Waals surface area contributed by atoms with Crippen LogP contribution in [0.2, 0.25) is 0 Å². The van der Waals surface area contributed by atoms with Gasteiger partial charge in [0, 0.05) is 13.6 Å². The lowest BCUT2D eigenvalue weighted by Crippen LogP contribution is -2.26. The van der Waals surface area contributed by atoms with E-state index >= 15 is 0 Å². The monoisotopic (exact) mass is 210 g/mol. The number of aryl methyl sites for hydroxylation is 1. The Balaban J connectivity index is 2.45. The first-order valence-electron chi connectivity index (χ1n) is 5.11. The molecule has 5 nitrogen and oxygen atoms in total. The first-order valence-corrected chi connectivity index (χ1v) is 5.11. The number of hydrogen-bond acceptors (Lipinski definition) is 3. The van der Waals surface area contributed by atoms with E-state index in [-0.39, 0.29) is 5.69 Å². The minimum atomic E-state index is -0.105. The summed E-state index contributed by atoms with van der Waals surface area (Å²) in [6.07, 6.45) is 2.60. The van der Waals surface area contributed by atoms with Crippen LogP contribution in [0.25, 0.3) is 0 Å². The molecule has 1 N–H and O–H groups in total. The van der Waals surface area contributed by atoms with Gasteiger partial charge in [0.25, 0.3) is 0 Å². The van der Waals surface area contributed by atoms with Crippen molar-refractivity contribution < 1.29 is 0 Å². The van der Waals surface area contributed by atoms with Gasteiger partial charge in [0.15, 0.2) is 0 Å². The molecule has 0 aliphatic carbocycles. The Morgan fingerprint density at radius 1 is 1.67 bits per heavy atom. The van der Waals surface area contributed by atoms with Crippen LogP contribution in [0.5, 0.6) is 0 Å². The van der Waals surface area contributed by atoms with E-state index in [4.69, 9.17) is 0 Å². The third-order valence-electron chi connectivity index (χ3n) is 2.06. The summed E-state index contributed by atoms with van der Waals surface area (Å²) in [7, 11) is 1.68. The van der Waals surface area contributed by atoms with Crippen molar-refractivity contribution >= 4 is 0 Å². The maximum atomic E-state index is 11.4. The zero-order valence-electron chi connectivity index (χ0n) is 9.36. The second kappa shape index (κ2) is 5.50. The standard InChI is InChI=1S/C10H18N4O/c1-4-5-11-6-9(2)7-14-10(15)13(3)8-12-14/h8,11H,2,4-7H2,1,3H3. The molecule has 0 saturated heterocycles. The summed E-state index contributed by atoms with van der Waals surface area (Å²) >= 11 is 0. The summed E-state index contributed by atoms with van der Waals surface area (Å²) in [6.45, 7) is 8.19. The fourth-order valence-corrected chi connectivity index (χ4v) is 1.24. The number of nitrogens with zero attached hydrogens (tertiary/aromatic N) is 3. The van der Waals surface area contributed by atoms with E-state index in [0.29, 0.717) is 6.54 Å². The zero-order chi connectivity index (χ0) is 11.3. The van der Waals surface area contributed by atoms with Crippen LogP contribution in [0.15, 0.2) is 23.3 Å². The van der Waals surface area contributed by atoms with Crippen molar-refractivity contribution in [2.45, 2.75) is 19.9 Å². The van der Waals surface area contributed by atoms with Crippen molar-refractivity contribution in [3.63, 3.8) is 0 Å². The minimum Gasteiger partial charge on any atom is -0.313 e. The van der Waals surface area contributed by atoms with Crippen molar-refractivity contribution in [2.24, 2.45) is 7.05 Å². The SMILES string of the molecule is C=C(CNCCC)Cn1ncn(C)c1=O. The maximum Gasteiger partial charge on any atom is 0.345 e. The lowest BCUT2D eigenvalue weighted by atomic mass is 10.3. The van der Waals surface area contributed by atoms with Gasteiger partial charge < -0.3 is 5.32 Å². The first-order chi connectivity index (χ1) is 7.15. The van der Waals surface area contributed by atoms with Gasteiger partial charge in [-0.05, 0) is 18.5 Å². The van der Waals surface area contributed by atoms with Gasteiger partial charge in [0.05, 0.1) is 6.54 Å². The van der Waals surface area contributed by atoms with E-state index < -0.39 is 0 Å². The van der Waals surface area contributed by atoms with Crippen molar-refractivity contribution in [1.82, 2.24) is 19.7 Å². The van der Waals surface area contributed by atoms with Gasteiger partial charge in [-0.25, -0.2) is 9.48 Å². The molecule has 0 aromatic carbocycles. The molecule has 1 aromatic heterocycles. The average Bonchev–Trinajstić information content (AvgIpc) is 2.50. The predicted octanol–water partition coefficient (Wildman–Crippen LogP) is 0.138. The molecule has 0 bridgehead atoms. The molecule has 0 atom stereocenters. The summed E-state index contributed by atoms with van der Waals surface area (Å²) < 4.78 is 2.86. The Kier molecular flexibility index (Phi) is 4.30. The van der Waals surface area contributed by atoms with Gasteiger partial charge in [-0.15, -0.1) is 0 Å². The first kappa shape index (κ1) is 11.7. The molecule has 1 rings (SSSR count). The van der Waals surface area contributed by atoms with Crippen LogP contribution in [0.1, 0.15) is 13.3 Å². The van der Waals surface area contributed by atoms with E-state index in [9.17, 15) is 4.79 Å². The van der Waals surface area contributed by atoms with Crippen molar-refractivity contribution in [2.75, 3.05) is 13.1 Å². The highest BCUT2D eigenvalue weighted by atomic mass is 16.2. The molecule has 0 aliphatic rings. The molecule has 0 spiro atoms. The third kappa shape index (κ3) is 3.36. The largest absolute Gasteiger partial charge is 0.345 e. The Morgan fingerprint density at radius 2 is 2.40 bits per heavy atom. The van der Waals surface area contributed by atoms with Crippen LogP contribution in [0.3, 0.4) is 0 Å². The smallest absolute Gasteiger partial charge is 0.313 e. The zero-order valence-corrected chi connectivity index (χ0v) is 9.36. The number of aromatic nitrogens is 3. The van der Waals surface area contributed by atoms with Gasteiger partial charge in [0.1, 0.15) is 6.33 Å². The predicted molar refractivity (Wildman–Crippen MR) is 59.8 cm³/mol. The summed E-state index contributed by atoms with van der Waals surface area (Å²) in [5.74, 6) is 0. The van der Waals surface area contributed by atoms with Gasteiger partial charge in [-0.2, -0.15) is 5.10 Å². The molecule has 0 unspecified atom stereocenters. The number of hydrogen-bond donors (Lipinski definition) is 1. The summed E-state index contributed by atoms with van der Waals surface area (Å²) in [5.41, 5.74) is 0.857. The van der Waals surface area contributed by atoms with Crippen LogP contribution in [-0.4, -0.2) is 27.4 Å². The summed E-state index contributed by atoms with van der Waals surface area (Å²) in [4.78, 5) is 11.4. The fourth-order valence-electron chi connectivity index (χ4n) is 1.24. The van der Waals surface area contributed by atoms with Crippen LogP contribution in [0.4, 0.5) is 0 Å². The van der Waals surface area contributed by atoms with E-state index in [2.05, 4.69) is 23.9 Å². The van der Waals surface area contributed by atoms with Crippen molar-refractivity contribution in [3.05, 3.63) is 29.0 Å². The normalized spacial score (nSPS) is 10.5. The van der Waals surface area contributed by atoms with Crippen molar-refractivity contribution in [3.8, 4) is 0 Å². The second-order valence-corrected chi connectivity index (χ2v) is 3.61. The Morgan fingerprint density at radius 3 is 2.93 bits per heavy atom. The van der Waals surface area contributed by atoms with Gasteiger partial charge >= 0.3 is 5.69 Å². The molecule has 0 saturated carbocycles. The highest BCUT2D eigenvalue weighted by Gasteiger charge is 2.02. The summed E-state index contributed by atoms with van der Waals surface area (Å²) in [6, 6.07) is 0. The van der Waals surface area contributed by atoms with E-state index in [0.717, 1.165) is 25.1 Å². The van der Waals surface area contributed by atoms with Crippen molar-refractivity contribution in [1.29, 1.82) is 0 Å². The van der Waals surface area contributed by atoms with Gasteiger partial charge in [-0.1, -0.05) is 13.5 Å². The molecule has 0 aliphatic heterocycles. The quantitative estimate of drug-likeness (QED) is 0.536. The molecule has 0 radical (unpaired) electrons. The molecular formula is C10H18N4O. The molecule has 0 fully saturated rings. The minimum absolute atomic E-state index is 0.105. The highest BCUT2D eigenvalue weighted by Crippen LogP contribution is 1.91. The maximum absolute atomic E-state index is 11.4. The highest BCUT2D eigenvalue weighted by molar-refractivity contribution is 4.96. The fraction of sp³-hybridized carbons (Fsp3) is 0.600. The van der Waals surface area contributed by atoms with Crippen LogP contribution in [0, 0.1) is 0 Å². The molecule has 15 heavy (non-hydrogen) atoms. The average molecular weight is 210 g/mol. The van der Waals surface area contributed by atoms with Gasteiger partial charge in [0.2, 0.25) is 0 Å². The number of rotatable bonds is 6. The third-order valence-corrected chi connectivity index (χ3v) is 2.06. The number of nitrogens with one attached hydrogen (secondary N) is 1. The van der Waals surface area contributed by atoms with Crippen LogP contribution in [-0.2, 0) is 13.6 Å². The molecule has 1 heterocycles. The topological polar surface area (TPSA) is 51.9 Å². The van der Waals surface area contributed by atoms with Crippen LogP contribution < -0.4 is 11.0 Å². The Bertz CT molecular complexity index is 377. The van der Waals surface area contributed by atoms with E-state index in [1.54, 1.807) is 7.05 Å². The molecular weight excluding hydrogens is 192 g/mol. The Hall–Kier alpha value is -1.36. The lowest BCUT2D eigenvalue weighted by molar-refractivity contribution is 0.609. The molecule has 0 amide bonds. The van der Waals surface area contributed by atoms with Gasteiger partial charge in [-0.3, -0.25) is 4.57 Å². The lowest BCUT2D eigenvalue weighted by Gasteiger charge is -2.05.